The normalized spacial score (nSPS) is 15.8. The summed E-state index contributed by atoms with van der Waals surface area (Å²) in [4.78, 5) is 0. The number of aliphatic hydroxyl groups excluding tert-OH is 2. The smallest absolute Gasteiger partial charge is 0.0402 e. The Morgan fingerprint density at radius 2 is 1.33 bits per heavy atom. The van der Waals surface area contributed by atoms with Gasteiger partial charge in [0.2, 0.25) is 0 Å². The van der Waals surface area contributed by atoms with Crippen LogP contribution >= 0.6 is 0 Å². The summed E-state index contributed by atoms with van der Waals surface area (Å²) in [5.41, 5.74) is 5.53. The summed E-state index contributed by atoms with van der Waals surface area (Å²) in [6, 6.07) is 0.546. The second kappa shape index (κ2) is 13.5. The molecule has 0 bridgehead atoms. The molecule has 3 heteroatoms. The summed E-state index contributed by atoms with van der Waals surface area (Å²) in [6.07, 6.45) is 5.25. The number of hydrogen-bond acceptors (Lipinski definition) is 3. The third-order valence-corrected chi connectivity index (χ3v) is 1.40. The largest absolute Gasteiger partial charge is 0.397 e. The van der Waals surface area contributed by atoms with Crippen LogP contribution < -0.4 is 5.73 Å². The molecule has 1 aliphatic carbocycles. The van der Waals surface area contributed by atoms with Crippen LogP contribution in [0.5, 0.6) is 0 Å². The maximum atomic E-state index is 7.57. The van der Waals surface area contributed by atoms with Crippen molar-refractivity contribution in [2.75, 3.05) is 13.2 Å². The van der Waals surface area contributed by atoms with E-state index in [4.69, 9.17) is 15.9 Å². The number of nitrogens with two attached hydrogens (primary N) is 1. The average Bonchev–Trinajstić information content (AvgIpc) is 2.43. The van der Waals surface area contributed by atoms with E-state index >= 15 is 0 Å². The Bertz CT molecular complexity index is 61.5. The molecule has 12 heavy (non-hydrogen) atoms. The summed E-state index contributed by atoms with van der Waals surface area (Å²) in [6.45, 7) is 3.86. The maximum absolute atomic E-state index is 7.57. The van der Waals surface area contributed by atoms with Crippen LogP contribution in [0.25, 0.3) is 0 Å². The summed E-state index contributed by atoms with van der Waals surface area (Å²) in [7, 11) is 0. The molecule has 0 amide bonds. The van der Waals surface area contributed by atoms with Crippen molar-refractivity contribution in [3.63, 3.8) is 0 Å². The molecule has 0 saturated heterocycles. The Morgan fingerprint density at radius 1 is 1.08 bits per heavy atom. The van der Waals surface area contributed by atoms with Gasteiger partial charge in [-0.05, 0) is 26.7 Å². The summed E-state index contributed by atoms with van der Waals surface area (Å²) in [5.74, 6) is 0. The third kappa shape index (κ3) is 16.5. The van der Waals surface area contributed by atoms with E-state index in [1.807, 2.05) is 0 Å². The minimum atomic E-state index is 0.250. The van der Waals surface area contributed by atoms with Crippen molar-refractivity contribution >= 4 is 0 Å². The van der Waals surface area contributed by atoms with E-state index in [0.717, 1.165) is 0 Å². The van der Waals surface area contributed by atoms with Gasteiger partial charge in [0.15, 0.2) is 0 Å². The van der Waals surface area contributed by atoms with Gasteiger partial charge in [-0.1, -0.05) is 12.8 Å². The molecule has 0 aromatic carbocycles. The van der Waals surface area contributed by atoms with Gasteiger partial charge in [-0.3, -0.25) is 0 Å². The van der Waals surface area contributed by atoms with E-state index in [1.165, 1.54) is 25.7 Å². The lowest BCUT2D eigenvalue weighted by Crippen LogP contribution is -2.13. The highest BCUT2D eigenvalue weighted by molar-refractivity contribution is 4.67. The first-order chi connectivity index (χ1) is 5.72. The molecule has 0 aromatic heterocycles. The molecule has 0 aromatic rings. The zero-order valence-corrected chi connectivity index (χ0v) is 8.29. The summed E-state index contributed by atoms with van der Waals surface area (Å²) < 4.78 is 0. The predicted octanol–water partition coefficient (Wildman–Crippen LogP) is 0.885. The first-order valence-corrected chi connectivity index (χ1v) is 4.70. The Balaban J connectivity index is 0. The number of hydrogen-bond donors (Lipinski definition) is 3. The molecule has 3 nitrogen and oxygen atoms in total. The van der Waals surface area contributed by atoms with Gasteiger partial charge in [-0.25, -0.2) is 0 Å². The fourth-order valence-electron chi connectivity index (χ4n) is 0.957. The van der Waals surface area contributed by atoms with Crippen molar-refractivity contribution in [1.82, 2.24) is 0 Å². The fraction of sp³-hybridized carbons (Fsp3) is 1.00. The zero-order valence-electron chi connectivity index (χ0n) is 8.29. The standard InChI is InChI=1S/C5H11N.2C2H6O/c6-5-3-1-2-4-5;2*1-2-3/h5H,1-4,6H2;2*3H,2H2,1H3. The SMILES string of the molecule is CCO.CCO.NC1CCCC1. The van der Waals surface area contributed by atoms with E-state index in [0.29, 0.717) is 6.04 Å². The van der Waals surface area contributed by atoms with Crippen LogP contribution in [0.2, 0.25) is 0 Å². The monoisotopic (exact) mass is 177 g/mol. The Kier molecular flexibility index (Phi) is 16.2. The lowest BCUT2D eigenvalue weighted by molar-refractivity contribution is 0.318. The minimum absolute atomic E-state index is 0.250. The van der Waals surface area contributed by atoms with Crippen LogP contribution in [0.3, 0.4) is 0 Å². The van der Waals surface area contributed by atoms with E-state index in [9.17, 15) is 0 Å². The minimum Gasteiger partial charge on any atom is -0.397 e. The Morgan fingerprint density at radius 3 is 1.42 bits per heavy atom. The second-order valence-electron chi connectivity index (χ2n) is 2.68. The molecular formula is C9H23NO2. The highest BCUT2D eigenvalue weighted by atomic mass is 16.3. The van der Waals surface area contributed by atoms with Gasteiger partial charge in [-0.2, -0.15) is 0 Å². The number of aliphatic hydroxyl groups is 2. The maximum Gasteiger partial charge on any atom is 0.0402 e. The molecule has 0 unspecified atom stereocenters. The van der Waals surface area contributed by atoms with Crippen molar-refractivity contribution in [3.05, 3.63) is 0 Å². The van der Waals surface area contributed by atoms with Crippen molar-refractivity contribution in [2.45, 2.75) is 45.6 Å². The molecule has 76 valence electrons. The molecular weight excluding hydrogens is 154 g/mol. The van der Waals surface area contributed by atoms with E-state index in [2.05, 4.69) is 0 Å². The van der Waals surface area contributed by atoms with Gasteiger partial charge in [0.25, 0.3) is 0 Å². The molecule has 0 spiro atoms. The second-order valence-corrected chi connectivity index (χ2v) is 2.68. The van der Waals surface area contributed by atoms with Gasteiger partial charge < -0.3 is 15.9 Å². The van der Waals surface area contributed by atoms with Crippen LogP contribution in [0.15, 0.2) is 0 Å². The molecule has 1 saturated carbocycles. The Hall–Kier alpha value is -0.120. The van der Waals surface area contributed by atoms with E-state index < -0.39 is 0 Å². The van der Waals surface area contributed by atoms with Gasteiger partial charge in [0, 0.05) is 19.3 Å². The fourth-order valence-corrected chi connectivity index (χ4v) is 0.957. The van der Waals surface area contributed by atoms with Crippen LogP contribution in [-0.4, -0.2) is 29.5 Å². The van der Waals surface area contributed by atoms with Gasteiger partial charge in [0.1, 0.15) is 0 Å². The third-order valence-electron chi connectivity index (χ3n) is 1.40. The first-order valence-electron chi connectivity index (χ1n) is 4.70. The van der Waals surface area contributed by atoms with Crippen LogP contribution in [0.1, 0.15) is 39.5 Å². The molecule has 0 aliphatic heterocycles. The molecule has 0 heterocycles. The first kappa shape index (κ1) is 14.4. The van der Waals surface area contributed by atoms with Crippen molar-refractivity contribution < 1.29 is 10.2 Å². The zero-order chi connectivity index (χ0) is 9.82. The molecule has 1 fully saturated rings. The van der Waals surface area contributed by atoms with E-state index in [-0.39, 0.29) is 13.2 Å². The highest BCUT2D eigenvalue weighted by Crippen LogP contribution is 2.14. The lowest BCUT2D eigenvalue weighted by Gasteiger charge is -1.92. The topological polar surface area (TPSA) is 66.5 Å². The van der Waals surface area contributed by atoms with Gasteiger partial charge in [-0.15, -0.1) is 0 Å². The Labute approximate surface area is 75.6 Å². The van der Waals surface area contributed by atoms with Crippen LogP contribution in [-0.2, 0) is 0 Å². The van der Waals surface area contributed by atoms with Gasteiger partial charge >= 0.3 is 0 Å². The molecule has 1 rings (SSSR count). The number of rotatable bonds is 0. The van der Waals surface area contributed by atoms with Crippen molar-refractivity contribution in [3.8, 4) is 0 Å². The summed E-state index contributed by atoms with van der Waals surface area (Å²) in [5, 5.41) is 15.1. The van der Waals surface area contributed by atoms with Crippen molar-refractivity contribution in [2.24, 2.45) is 5.73 Å². The van der Waals surface area contributed by atoms with E-state index in [1.54, 1.807) is 13.8 Å². The lowest BCUT2D eigenvalue weighted by atomic mass is 10.3. The molecule has 1 aliphatic rings. The quantitative estimate of drug-likeness (QED) is 0.514. The summed E-state index contributed by atoms with van der Waals surface area (Å²) >= 11 is 0. The molecule has 0 atom stereocenters. The molecule has 0 radical (unpaired) electrons. The average molecular weight is 177 g/mol. The van der Waals surface area contributed by atoms with Crippen LogP contribution in [0, 0.1) is 0 Å². The van der Waals surface area contributed by atoms with Gasteiger partial charge in [0.05, 0.1) is 0 Å². The molecule has 4 N–H and O–H groups in total. The predicted molar refractivity (Wildman–Crippen MR) is 52.0 cm³/mol. The van der Waals surface area contributed by atoms with Crippen LogP contribution in [0.4, 0.5) is 0 Å². The van der Waals surface area contributed by atoms with Crippen molar-refractivity contribution in [1.29, 1.82) is 0 Å². The highest BCUT2D eigenvalue weighted by Gasteiger charge is 2.07.